The molecular formula is C36H38N6O3. The fourth-order valence-corrected chi connectivity index (χ4v) is 5.20. The Morgan fingerprint density at radius 2 is 1.56 bits per heavy atom. The van der Waals surface area contributed by atoms with Gasteiger partial charge < -0.3 is 25.7 Å². The van der Waals surface area contributed by atoms with Gasteiger partial charge in [-0.2, -0.15) is 0 Å². The van der Waals surface area contributed by atoms with E-state index in [9.17, 15) is 14.4 Å². The van der Waals surface area contributed by atoms with E-state index < -0.39 is 6.04 Å². The molecule has 230 valence electrons. The van der Waals surface area contributed by atoms with E-state index in [1.54, 1.807) is 31.2 Å². The molecular weight excluding hydrogens is 564 g/mol. The molecule has 0 bridgehead atoms. The van der Waals surface area contributed by atoms with Crippen LogP contribution >= 0.6 is 0 Å². The molecule has 9 heteroatoms. The van der Waals surface area contributed by atoms with Gasteiger partial charge in [-0.25, -0.2) is 9.97 Å². The Hall–Kier alpha value is -5.31. The number of H-pyrrole nitrogens is 1. The van der Waals surface area contributed by atoms with Crippen molar-refractivity contribution in [2.45, 2.75) is 58.0 Å². The maximum absolute atomic E-state index is 13.3. The van der Waals surface area contributed by atoms with Crippen LogP contribution in [0.1, 0.15) is 67.9 Å². The molecule has 0 radical (unpaired) electrons. The molecule has 4 N–H and O–H groups in total. The smallest absolute Gasteiger partial charge is 0.251 e. The summed E-state index contributed by atoms with van der Waals surface area (Å²) < 4.78 is 0. The summed E-state index contributed by atoms with van der Waals surface area (Å²) in [6.07, 6.45) is 4.81. The number of aromatic amines is 1. The number of ketones is 1. The maximum atomic E-state index is 13.3. The Kier molecular flexibility index (Phi) is 10.3. The number of amides is 2. The van der Waals surface area contributed by atoms with Crippen molar-refractivity contribution < 1.29 is 14.4 Å². The predicted molar refractivity (Wildman–Crippen MR) is 178 cm³/mol. The van der Waals surface area contributed by atoms with Gasteiger partial charge in [-0.3, -0.25) is 9.59 Å². The largest absolute Gasteiger partial charge is 0.363 e. The third-order valence-electron chi connectivity index (χ3n) is 7.72. The lowest BCUT2D eigenvalue weighted by atomic mass is 10.0. The number of unbranched alkanes of at least 4 members (excludes halogenated alkanes) is 2. The zero-order valence-electron chi connectivity index (χ0n) is 25.5. The highest BCUT2D eigenvalue weighted by Crippen LogP contribution is 2.29. The highest BCUT2D eigenvalue weighted by molar-refractivity contribution is 6.01. The number of aromatic nitrogens is 3. The first-order valence-corrected chi connectivity index (χ1v) is 15.3. The third kappa shape index (κ3) is 8.41. The number of carbonyl (C=O) groups excluding carboxylic acids is 3. The van der Waals surface area contributed by atoms with E-state index in [-0.39, 0.29) is 23.6 Å². The van der Waals surface area contributed by atoms with E-state index in [0.29, 0.717) is 30.5 Å². The van der Waals surface area contributed by atoms with E-state index in [2.05, 4.69) is 50.0 Å². The van der Waals surface area contributed by atoms with Crippen molar-refractivity contribution in [3.8, 4) is 11.3 Å². The molecule has 5 aromatic rings. The Bertz CT molecular complexity index is 1740. The lowest BCUT2D eigenvalue weighted by molar-refractivity contribution is -0.118. The fraction of sp³-hybridized carbons (Fsp3) is 0.250. The van der Waals surface area contributed by atoms with E-state index in [1.165, 1.54) is 6.33 Å². The van der Waals surface area contributed by atoms with Gasteiger partial charge in [0.2, 0.25) is 5.91 Å². The van der Waals surface area contributed by atoms with Crippen molar-refractivity contribution in [2.24, 2.45) is 0 Å². The number of hydrogen-bond acceptors (Lipinski definition) is 6. The van der Waals surface area contributed by atoms with Crippen LogP contribution in [0.25, 0.3) is 22.3 Å². The van der Waals surface area contributed by atoms with Crippen molar-refractivity contribution in [1.29, 1.82) is 0 Å². The number of nitrogens with zero attached hydrogens (tertiary/aromatic N) is 2. The highest BCUT2D eigenvalue weighted by Gasteiger charge is 2.21. The number of rotatable bonds is 14. The SMILES string of the molecule is CC(=O)CCCCC[C@H](NC(=O)c1ccccc1)C(=O)Nc1ccc(-c2cc3c(NC(C)c4ccccc4)ncnc3[nH]2)cc1. The standard InChI is InChI=1S/C36H38N6O3/c1-24(43)12-6-3-11-17-31(42-35(44)28-15-9-5-10-16-28)36(45)40-29-20-18-27(19-21-29)32-22-30-33(37-23-38-34(30)41-32)39-25(2)26-13-7-4-8-14-26/h4-5,7-10,13-16,18-23,25,31H,3,6,11-12,17H2,1-2H3,(H,40,45)(H,42,44)(H2,37,38,39,41)/t25?,31-/m0/s1. The van der Waals surface area contributed by atoms with Crippen molar-refractivity contribution in [1.82, 2.24) is 20.3 Å². The second-order valence-electron chi connectivity index (χ2n) is 11.2. The van der Waals surface area contributed by atoms with Crippen molar-refractivity contribution >= 4 is 40.1 Å². The van der Waals surface area contributed by atoms with Crippen molar-refractivity contribution in [2.75, 3.05) is 10.6 Å². The van der Waals surface area contributed by atoms with E-state index >= 15 is 0 Å². The van der Waals surface area contributed by atoms with Gasteiger partial charge in [0, 0.05) is 29.4 Å². The number of carbonyl (C=O) groups is 3. The van der Waals surface area contributed by atoms with Crippen LogP contribution in [0.2, 0.25) is 0 Å². The number of nitrogens with one attached hydrogen (secondary N) is 4. The normalized spacial score (nSPS) is 12.3. The Labute approximate surface area is 262 Å². The molecule has 2 amide bonds. The highest BCUT2D eigenvalue weighted by atomic mass is 16.2. The fourth-order valence-electron chi connectivity index (χ4n) is 5.20. The number of fused-ring (bicyclic) bond motifs is 1. The van der Waals surface area contributed by atoms with Crippen LogP contribution in [-0.4, -0.2) is 38.6 Å². The van der Waals surface area contributed by atoms with Crippen LogP contribution in [0, 0.1) is 0 Å². The molecule has 0 aliphatic heterocycles. The topological polar surface area (TPSA) is 129 Å². The molecule has 3 aromatic carbocycles. The summed E-state index contributed by atoms with van der Waals surface area (Å²) in [7, 11) is 0. The molecule has 0 spiro atoms. The van der Waals surface area contributed by atoms with E-state index in [1.807, 2.05) is 54.6 Å². The Morgan fingerprint density at radius 3 is 2.27 bits per heavy atom. The molecule has 0 saturated heterocycles. The molecule has 0 saturated carbocycles. The summed E-state index contributed by atoms with van der Waals surface area (Å²) >= 11 is 0. The number of hydrogen-bond donors (Lipinski definition) is 4. The second-order valence-corrected chi connectivity index (χ2v) is 11.2. The van der Waals surface area contributed by atoms with Crippen LogP contribution in [-0.2, 0) is 9.59 Å². The van der Waals surface area contributed by atoms with E-state index in [4.69, 9.17) is 0 Å². The van der Waals surface area contributed by atoms with E-state index in [0.717, 1.165) is 46.5 Å². The summed E-state index contributed by atoms with van der Waals surface area (Å²) in [5.41, 5.74) is 4.79. The zero-order valence-corrected chi connectivity index (χ0v) is 25.5. The molecule has 5 rings (SSSR count). The first-order chi connectivity index (χ1) is 21.9. The van der Waals surface area contributed by atoms with Crippen LogP contribution in [0.5, 0.6) is 0 Å². The lowest BCUT2D eigenvalue weighted by Crippen LogP contribution is -2.43. The molecule has 2 aromatic heterocycles. The second kappa shape index (κ2) is 14.9. The van der Waals surface area contributed by atoms with Crippen molar-refractivity contribution in [3.05, 3.63) is 108 Å². The first-order valence-electron chi connectivity index (χ1n) is 15.3. The molecule has 2 heterocycles. The number of Topliss-reactive ketones (excluding diaryl/α,β-unsaturated/α-hetero) is 1. The van der Waals surface area contributed by atoms with Crippen molar-refractivity contribution in [3.63, 3.8) is 0 Å². The lowest BCUT2D eigenvalue weighted by Gasteiger charge is -2.19. The quantitative estimate of drug-likeness (QED) is 0.101. The first kappa shape index (κ1) is 31.1. The van der Waals surface area contributed by atoms with Crippen LogP contribution < -0.4 is 16.0 Å². The van der Waals surface area contributed by atoms with Gasteiger partial charge in [0.25, 0.3) is 5.91 Å². The maximum Gasteiger partial charge on any atom is 0.251 e. The minimum atomic E-state index is -0.716. The molecule has 0 fully saturated rings. The van der Waals surface area contributed by atoms with Crippen LogP contribution in [0.3, 0.4) is 0 Å². The Morgan fingerprint density at radius 1 is 0.844 bits per heavy atom. The van der Waals surface area contributed by atoms with Gasteiger partial charge in [0.15, 0.2) is 0 Å². The summed E-state index contributed by atoms with van der Waals surface area (Å²) in [6.45, 7) is 3.67. The number of benzene rings is 3. The van der Waals surface area contributed by atoms with Gasteiger partial charge in [-0.1, -0.05) is 73.5 Å². The van der Waals surface area contributed by atoms with Gasteiger partial charge in [-0.15, -0.1) is 0 Å². The zero-order chi connectivity index (χ0) is 31.6. The van der Waals surface area contributed by atoms with Gasteiger partial charge in [0.1, 0.15) is 29.6 Å². The summed E-state index contributed by atoms with van der Waals surface area (Å²) in [6, 6.07) is 27.9. The molecule has 2 atom stereocenters. The summed E-state index contributed by atoms with van der Waals surface area (Å²) in [5.74, 6) is 0.305. The van der Waals surface area contributed by atoms with Crippen LogP contribution in [0.15, 0.2) is 97.3 Å². The predicted octanol–water partition coefficient (Wildman–Crippen LogP) is 7.07. The Balaban J connectivity index is 1.26. The van der Waals surface area contributed by atoms with Gasteiger partial charge in [0.05, 0.1) is 5.39 Å². The molecule has 0 aliphatic carbocycles. The summed E-state index contributed by atoms with van der Waals surface area (Å²) in [5, 5.41) is 10.2. The monoisotopic (exact) mass is 602 g/mol. The van der Waals surface area contributed by atoms with Gasteiger partial charge >= 0.3 is 0 Å². The molecule has 9 nitrogen and oxygen atoms in total. The molecule has 45 heavy (non-hydrogen) atoms. The molecule has 1 unspecified atom stereocenters. The third-order valence-corrected chi connectivity index (χ3v) is 7.72. The average Bonchev–Trinajstić information content (AvgIpc) is 3.50. The van der Waals surface area contributed by atoms with Crippen LogP contribution in [0.4, 0.5) is 11.5 Å². The number of anilines is 2. The molecule has 0 aliphatic rings. The minimum absolute atomic E-state index is 0.0624. The summed E-state index contributed by atoms with van der Waals surface area (Å²) in [4.78, 5) is 49.8. The van der Waals surface area contributed by atoms with Gasteiger partial charge in [-0.05, 0) is 68.1 Å². The minimum Gasteiger partial charge on any atom is -0.363 e. The average molecular weight is 603 g/mol.